The minimum Gasteiger partial charge on any atom is -0.489 e. The molecule has 0 amide bonds. The van der Waals surface area contributed by atoms with Crippen LogP contribution in [0.3, 0.4) is 0 Å². The summed E-state index contributed by atoms with van der Waals surface area (Å²) >= 11 is 1.26. The second-order valence-corrected chi connectivity index (χ2v) is 12.8. The molecule has 220 valence electrons. The highest BCUT2D eigenvalue weighted by Crippen LogP contribution is 2.36. The summed E-state index contributed by atoms with van der Waals surface area (Å²) in [5.74, 6) is 0.962. The van der Waals surface area contributed by atoms with Crippen LogP contribution in [0.4, 0.5) is 5.13 Å². The number of sulfonamides is 1. The molecule has 0 saturated heterocycles. The molecule has 2 aromatic heterocycles. The predicted molar refractivity (Wildman–Crippen MR) is 168 cm³/mol. The fraction of sp³-hybridized carbons (Fsp3) is 0.188. The second kappa shape index (κ2) is 12.5. The number of benzene rings is 3. The molecule has 43 heavy (non-hydrogen) atoms. The Bertz CT molecular complexity index is 1830. The maximum atomic E-state index is 13.5. The van der Waals surface area contributed by atoms with E-state index in [2.05, 4.69) is 26.6 Å². The van der Waals surface area contributed by atoms with Crippen LogP contribution in [0.5, 0.6) is 11.5 Å². The number of ether oxygens (including phenoxy) is 2. The highest BCUT2D eigenvalue weighted by molar-refractivity contribution is 7.93. The Morgan fingerprint density at radius 2 is 1.95 bits per heavy atom. The first-order valence-electron chi connectivity index (χ1n) is 13.8. The Labute approximate surface area is 253 Å². The molecule has 9 nitrogen and oxygen atoms in total. The Morgan fingerprint density at radius 1 is 1.12 bits per heavy atom. The summed E-state index contributed by atoms with van der Waals surface area (Å²) in [6.45, 7) is 4.59. The number of nitrogens with zero attached hydrogens (tertiary/aromatic N) is 2. The summed E-state index contributed by atoms with van der Waals surface area (Å²) in [6, 6.07) is 22.0. The molecule has 3 N–H and O–H groups in total. The molecular weight excluding hydrogens is 585 g/mol. The van der Waals surface area contributed by atoms with Crippen LogP contribution in [0.2, 0.25) is 0 Å². The fourth-order valence-electron chi connectivity index (χ4n) is 5.01. The number of aliphatic hydroxyl groups excluding tert-OH is 1. The van der Waals surface area contributed by atoms with Crippen molar-refractivity contribution in [2.75, 3.05) is 17.8 Å². The van der Waals surface area contributed by atoms with Crippen LogP contribution < -0.4 is 19.5 Å². The number of pyridine rings is 1. The molecule has 0 bridgehead atoms. The Balaban J connectivity index is 1.17. The van der Waals surface area contributed by atoms with Crippen molar-refractivity contribution >= 4 is 36.7 Å². The van der Waals surface area contributed by atoms with Crippen LogP contribution in [0.1, 0.15) is 23.7 Å². The van der Waals surface area contributed by atoms with Crippen molar-refractivity contribution < 1.29 is 23.0 Å². The van der Waals surface area contributed by atoms with Crippen molar-refractivity contribution in [3.8, 4) is 22.6 Å². The SMILES string of the molecule is C=COc1ccc(-c2ccc3c(c2)CC[C@H](CNC[C@H](O)c2cccnc2)O3)cc1S(=O)(=O)Nc1nc2ccccc2s1. The van der Waals surface area contributed by atoms with Gasteiger partial charge in [0.2, 0.25) is 0 Å². The van der Waals surface area contributed by atoms with E-state index in [9.17, 15) is 13.5 Å². The minimum absolute atomic E-state index is 0.0160. The third kappa shape index (κ3) is 6.55. The van der Waals surface area contributed by atoms with Gasteiger partial charge in [-0.2, -0.15) is 0 Å². The number of rotatable bonds is 11. The molecule has 11 heteroatoms. The first-order valence-corrected chi connectivity index (χ1v) is 16.1. The summed E-state index contributed by atoms with van der Waals surface area (Å²) in [5, 5.41) is 13.9. The van der Waals surface area contributed by atoms with Crippen molar-refractivity contribution in [3.05, 3.63) is 109 Å². The van der Waals surface area contributed by atoms with E-state index in [1.807, 2.05) is 54.6 Å². The van der Waals surface area contributed by atoms with Crippen molar-refractivity contribution in [2.24, 2.45) is 0 Å². The molecule has 1 aliphatic heterocycles. The molecule has 0 fully saturated rings. The minimum atomic E-state index is -4.03. The van der Waals surface area contributed by atoms with E-state index in [4.69, 9.17) is 9.47 Å². The number of aromatic nitrogens is 2. The quantitative estimate of drug-likeness (QED) is 0.162. The summed E-state index contributed by atoms with van der Waals surface area (Å²) in [6.07, 6.45) is 5.49. The molecule has 6 rings (SSSR count). The first-order chi connectivity index (χ1) is 20.9. The lowest BCUT2D eigenvalue weighted by molar-refractivity contribution is 0.146. The monoisotopic (exact) mass is 614 g/mol. The molecule has 5 aromatic rings. The lowest BCUT2D eigenvalue weighted by atomic mass is 9.97. The fourth-order valence-corrected chi connectivity index (χ4v) is 7.27. The zero-order valence-electron chi connectivity index (χ0n) is 23.1. The van der Waals surface area contributed by atoms with E-state index in [0.29, 0.717) is 13.1 Å². The number of anilines is 1. The summed E-state index contributed by atoms with van der Waals surface area (Å²) in [4.78, 5) is 8.45. The normalized spacial score (nSPS) is 15.3. The molecule has 1 aliphatic rings. The van der Waals surface area contributed by atoms with Gasteiger partial charge in [-0.3, -0.25) is 9.71 Å². The van der Waals surface area contributed by atoms with Gasteiger partial charge in [-0.05, 0) is 72.0 Å². The van der Waals surface area contributed by atoms with Crippen LogP contribution in [0.25, 0.3) is 21.3 Å². The average Bonchev–Trinajstić information content (AvgIpc) is 3.43. The number of nitrogens with one attached hydrogen (secondary N) is 2. The third-order valence-electron chi connectivity index (χ3n) is 7.16. The van der Waals surface area contributed by atoms with E-state index in [1.165, 1.54) is 17.6 Å². The van der Waals surface area contributed by atoms with Gasteiger partial charge < -0.3 is 19.9 Å². The Kier molecular flexibility index (Phi) is 8.39. The van der Waals surface area contributed by atoms with Gasteiger partial charge in [-0.25, -0.2) is 13.4 Å². The highest BCUT2D eigenvalue weighted by atomic mass is 32.2. The van der Waals surface area contributed by atoms with Gasteiger partial charge in [0.1, 0.15) is 22.5 Å². The Morgan fingerprint density at radius 3 is 2.77 bits per heavy atom. The van der Waals surface area contributed by atoms with Gasteiger partial charge in [0.15, 0.2) is 5.13 Å². The van der Waals surface area contributed by atoms with Gasteiger partial charge in [0, 0.05) is 31.0 Å². The zero-order valence-corrected chi connectivity index (χ0v) is 24.8. The maximum Gasteiger partial charge on any atom is 0.267 e. The van der Waals surface area contributed by atoms with Crippen molar-refractivity contribution in [1.82, 2.24) is 15.3 Å². The standard InChI is InChI=1S/C32H30N4O5S2/c1-2-40-29-14-11-22(17-31(29)43(38,39)36-32-35-26-7-3-4-8-30(26)42-32)21-10-13-28-23(16-21)9-12-25(41-28)19-34-20-27(37)24-6-5-15-33-18-24/h2-8,10-11,13-18,25,27,34,37H,1,9,12,19-20H2,(H,35,36)/t25-,27+/m1/s1. The van der Waals surface area contributed by atoms with Gasteiger partial charge in [0.25, 0.3) is 10.0 Å². The van der Waals surface area contributed by atoms with Gasteiger partial charge in [0.05, 0.1) is 22.6 Å². The van der Waals surface area contributed by atoms with Gasteiger partial charge in [-0.15, -0.1) is 0 Å². The molecule has 2 atom stereocenters. The van der Waals surface area contributed by atoms with Crippen LogP contribution in [0.15, 0.2) is 103 Å². The summed E-state index contributed by atoms with van der Waals surface area (Å²) in [7, 11) is -4.03. The average molecular weight is 615 g/mol. The number of aryl methyl sites for hydroxylation is 1. The zero-order chi connectivity index (χ0) is 29.8. The van der Waals surface area contributed by atoms with E-state index in [-0.39, 0.29) is 21.9 Å². The molecule has 3 aromatic carbocycles. The van der Waals surface area contributed by atoms with Crippen molar-refractivity contribution in [3.63, 3.8) is 0 Å². The van der Waals surface area contributed by atoms with Crippen LogP contribution >= 0.6 is 11.3 Å². The van der Waals surface area contributed by atoms with Crippen molar-refractivity contribution in [1.29, 1.82) is 0 Å². The lowest BCUT2D eigenvalue weighted by Gasteiger charge is -2.27. The lowest BCUT2D eigenvalue weighted by Crippen LogP contribution is -2.36. The van der Waals surface area contributed by atoms with Crippen LogP contribution in [-0.2, 0) is 16.4 Å². The topological polar surface area (TPSA) is 123 Å². The Hall–Kier alpha value is -4.29. The summed E-state index contributed by atoms with van der Waals surface area (Å²) in [5.41, 5.74) is 4.12. The van der Waals surface area contributed by atoms with Gasteiger partial charge in [-0.1, -0.05) is 48.2 Å². The molecule has 3 heterocycles. The number of para-hydroxylation sites is 1. The molecule has 0 spiro atoms. The number of thiazole rings is 1. The summed E-state index contributed by atoms with van der Waals surface area (Å²) < 4.78 is 42.3. The number of hydrogen-bond donors (Lipinski definition) is 3. The van der Waals surface area contributed by atoms with Gasteiger partial charge >= 0.3 is 0 Å². The third-order valence-corrected chi connectivity index (χ3v) is 9.60. The number of fused-ring (bicyclic) bond motifs is 2. The molecular formula is C32H30N4O5S2. The van der Waals surface area contributed by atoms with E-state index in [1.54, 1.807) is 30.6 Å². The van der Waals surface area contributed by atoms with E-state index in [0.717, 1.165) is 51.1 Å². The predicted octanol–water partition coefficient (Wildman–Crippen LogP) is 5.70. The molecule has 0 radical (unpaired) electrons. The van der Waals surface area contributed by atoms with Crippen LogP contribution in [0, 0.1) is 0 Å². The number of hydrogen-bond acceptors (Lipinski definition) is 9. The first kappa shape index (κ1) is 28.8. The largest absolute Gasteiger partial charge is 0.489 e. The maximum absolute atomic E-state index is 13.5. The van der Waals surface area contributed by atoms with E-state index >= 15 is 0 Å². The molecule has 0 saturated carbocycles. The smallest absolute Gasteiger partial charge is 0.267 e. The number of aliphatic hydroxyl groups is 1. The van der Waals surface area contributed by atoms with Crippen LogP contribution in [-0.4, -0.2) is 42.7 Å². The second-order valence-electron chi connectivity index (χ2n) is 10.1. The molecule has 0 aliphatic carbocycles. The highest BCUT2D eigenvalue weighted by Gasteiger charge is 2.24. The molecule has 0 unspecified atom stereocenters. The van der Waals surface area contributed by atoms with Crippen molar-refractivity contribution in [2.45, 2.75) is 29.9 Å². The van der Waals surface area contributed by atoms with E-state index < -0.39 is 16.1 Å².